The molecule has 0 aliphatic heterocycles. The first-order valence-electron chi connectivity index (χ1n) is 4.41. The van der Waals surface area contributed by atoms with E-state index in [0.29, 0.717) is 0 Å². The van der Waals surface area contributed by atoms with Gasteiger partial charge in [0, 0.05) is 0 Å². The van der Waals surface area contributed by atoms with E-state index in [9.17, 15) is 0 Å². The molecule has 1 aromatic rings. The Kier molecular flexibility index (Phi) is 1.66. The minimum absolute atomic E-state index is 0.0846. The average Bonchev–Trinajstić information content (AvgIpc) is 2.05. The number of rotatable bonds is 1. The molecule has 1 fully saturated rings. The van der Waals surface area contributed by atoms with Crippen LogP contribution in [0.3, 0.4) is 0 Å². The van der Waals surface area contributed by atoms with Crippen molar-refractivity contribution in [2.75, 3.05) is 0 Å². The van der Waals surface area contributed by atoms with E-state index in [-0.39, 0.29) is 5.41 Å². The minimum atomic E-state index is 0.0846. The molecular weight excluding hydrogens is 144 g/mol. The van der Waals surface area contributed by atoms with Crippen molar-refractivity contribution < 1.29 is 0 Å². The van der Waals surface area contributed by atoms with Crippen LogP contribution in [0.5, 0.6) is 0 Å². The first-order valence-corrected chi connectivity index (χ1v) is 4.41. The van der Waals surface area contributed by atoms with E-state index in [1.54, 1.807) is 0 Å². The van der Waals surface area contributed by atoms with E-state index in [0.717, 1.165) is 12.8 Å². The molecule has 0 saturated heterocycles. The monoisotopic (exact) mass is 156 g/mol. The standard InChI is InChI=1S/C12H12/c1-2-12(9-6-10-12)11-7-4-3-5-8-11/h1,3-5,7-8H,6,9-10H2. The molecule has 0 amide bonds. The lowest BCUT2D eigenvalue weighted by Gasteiger charge is -2.37. The Hall–Kier alpha value is -1.22. The molecule has 1 aliphatic carbocycles. The maximum absolute atomic E-state index is 5.55. The van der Waals surface area contributed by atoms with Gasteiger partial charge < -0.3 is 0 Å². The minimum Gasteiger partial charge on any atom is -0.119 e. The highest BCUT2D eigenvalue weighted by molar-refractivity contribution is 5.36. The number of terminal acetylenes is 1. The van der Waals surface area contributed by atoms with Crippen LogP contribution in [0, 0.1) is 12.3 Å². The van der Waals surface area contributed by atoms with Gasteiger partial charge in [-0.05, 0) is 24.8 Å². The SMILES string of the molecule is C#CC1(c2ccccc2)CCC1. The Labute approximate surface area is 73.6 Å². The van der Waals surface area contributed by atoms with Crippen molar-refractivity contribution in [1.29, 1.82) is 0 Å². The second-order valence-corrected chi connectivity index (χ2v) is 3.45. The summed E-state index contributed by atoms with van der Waals surface area (Å²) in [5.74, 6) is 2.93. The van der Waals surface area contributed by atoms with Crippen LogP contribution < -0.4 is 0 Å². The Morgan fingerprint density at radius 1 is 1.17 bits per heavy atom. The molecule has 1 aliphatic rings. The molecule has 12 heavy (non-hydrogen) atoms. The van der Waals surface area contributed by atoms with Crippen molar-refractivity contribution in [2.45, 2.75) is 24.7 Å². The highest BCUT2D eigenvalue weighted by atomic mass is 14.4. The molecule has 0 aromatic heterocycles. The molecule has 0 nitrogen and oxygen atoms in total. The second-order valence-electron chi connectivity index (χ2n) is 3.45. The van der Waals surface area contributed by atoms with Gasteiger partial charge in [0.1, 0.15) is 0 Å². The van der Waals surface area contributed by atoms with E-state index >= 15 is 0 Å². The first kappa shape index (κ1) is 7.43. The predicted molar refractivity (Wildman–Crippen MR) is 50.8 cm³/mol. The molecule has 1 aromatic carbocycles. The molecule has 2 rings (SSSR count). The molecule has 1 saturated carbocycles. The quantitative estimate of drug-likeness (QED) is 0.548. The number of hydrogen-bond acceptors (Lipinski definition) is 0. The van der Waals surface area contributed by atoms with Crippen molar-refractivity contribution in [3.05, 3.63) is 35.9 Å². The molecule has 0 heterocycles. The normalized spacial score (nSPS) is 19.2. The van der Waals surface area contributed by atoms with E-state index in [2.05, 4.69) is 30.2 Å². The molecule has 0 atom stereocenters. The van der Waals surface area contributed by atoms with E-state index < -0.39 is 0 Å². The average molecular weight is 156 g/mol. The van der Waals surface area contributed by atoms with Gasteiger partial charge in [0.15, 0.2) is 0 Å². The molecule has 0 unspecified atom stereocenters. The fourth-order valence-corrected chi connectivity index (χ4v) is 1.80. The van der Waals surface area contributed by atoms with Crippen LogP contribution in [0.2, 0.25) is 0 Å². The summed E-state index contributed by atoms with van der Waals surface area (Å²) in [7, 11) is 0. The lowest BCUT2D eigenvalue weighted by Crippen LogP contribution is -2.32. The number of hydrogen-bond donors (Lipinski definition) is 0. The number of benzene rings is 1. The molecule has 0 N–H and O–H groups in total. The van der Waals surface area contributed by atoms with Crippen LogP contribution in [-0.2, 0) is 5.41 Å². The summed E-state index contributed by atoms with van der Waals surface area (Å²) in [5, 5.41) is 0. The first-order chi connectivity index (χ1) is 5.87. The van der Waals surface area contributed by atoms with Crippen LogP contribution in [-0.4, -0.2) is 0 Å². The Morgan fingerprint density at radius 2 is 1.83 bits per heavy atom. The van der Waals surface area contributed by atoms with Gasteiger partial charge in [-0.25, -0.2) is 0 Å². The Morgan fingerprint density at radius 3 is 2.25 bits per heavy atom. The smallest absolute Gasteiger partial charge is 0.0560 e. The van der Waals surface area contributed by atoms with E-state index in [4.69, 9.17) is 6.42 Å². The Bertz CT molecular complexity index is 299. The van der Waals surface area contributed by atoms with Crippen LogP contribution >= 0.6 is 0 Å². The van der Waals surface area contributed by atoms with Gasteiger partial charge >= 0.3 is 0 Å². The molecule has 60 valence electrons. The van der Waals surface area contributed by atoms with Gasteiger partial charge in [0.05, 0.1) is 5.41 Å². The van der Waals surface area contributed by atoms with Gasteiger partial charge in [0.2, 0.25) is 0 Å². The third-order valence-corrected chi connectivity index (χ3v) is 2.81. The third-order valence-electron chi connectivity index (χ3n) is 2.81. The van der Waals surface area contributed by atoms with Crippen LogP contribution in [0.15, 0.2) is 30.3 Å². The van der Waals surface area contributed by atoms with Gasteiger partial charge in [-0.2, -0.15) is 0 Å². The third kappa shape index (κ3) is 0.940. The topological polar surface area (TPSA) is 0 Å². The van der Waals surface area contributed by atoms with Crippen molar-refractivity contribution in [3.8, 4) is 12.3 Å². The van der Waals surface area contributed by atoms with E-state index in [1.165, 1.54) is 12.0 Å². The highest BCUT2D eigenvalue weighted by Crippen LogP contribution is 2.42. The summed E-state index contributed by atoms with van der Waals surface area (Å²) in [6, 6.07) is 10.4. The second kappa shape index (κ2) is 2.68. The maximum Gasteiger partial charge on any atom is 0.0560 e. The zero-order valence-electron chi connectivity index (χ0n) is 7.09. The summed E-state index contributed by atoms with van der Waals surface area (Å²) >= 11 is 0. The predicted octanol–water partition coefficient (Wildman–Crippen LogP) is 2.74. The van der Waals surface area contributed by atoms with Crippen LogP contribution in [0.25, 0.3) is 0 Å². The van der Waals surface area contributed by atoms with Gasteiger partial charge in [-0.15, -0.1) is 6.42 Å². The molecule has 0 bridgehead atoms. The molecular formula is C12H12. The zero-order chi connectivity index (χ0) is 8.44. The largest absolute Gasteiger partial charge is 0.119 e. The summed E-state index contributed by atoms with van der Waals surface area (Å²) in [6.45, 7) is 0. The maximum atomic E-state index is 5.55. The zero-order valence-corrected chi connectivity index (χ0v) is 7.09. The summed E-state index contributed by atoms with van der Waals surface area (Å²) in [5.41, 5.74) is 1.40. The lowest BCUT2D eigenvalue weighted by atomic mass is 9.65. The van der Waals surface area contributed by atoms with Gasteiger partial charge in [0.25, 0.3) is 0 Å². The van der Waals surface area contributed by atoms with Gasteiger partial charge in [-0.1, -0.05) is 36.3 Å². The fraction of sp³-hybridized carbons (Fsp3) is 0.333. The molecule has 0 radical (unpaired) electrons. The molecule has 0 heteroatoms. The summed E-state index contributed by atoms with van der Waals surface area (Å²) in [4.78, 5) is 0. The van der Waals surface area contributed by atoms with Gasteiger partial charge in [-0.3, -0.25) is 0 Å². The van der Waals surface area contributed by atoms with Crippen molar-refractivity contribution in [3.63, 3.8) is 0 Å². The summed E-state index contributed by atoms with van der Waals surface area (Å²) in [6.07, 6.45) is 9.15. The van der Waals surface area contributed by atoms with E-state index in [1.807, 2.05) is 6.07 Å². The van der Waals surface area contributed by atoms with Crippen LogP contribution in [0.1, 0.15) is 24.8 Å². The lowest BCUT2D eigenvalue weighted by molar-refractivity contribution is 0.328. The molecule has 0 spiro atoms. The van der Waals surface area contributed by atoms with Crippen molar-refractivity contribution in [2.24, 2.45) is 0 Å². The van der Waals surface area contributed by atoms with Crippen molar-refractivity contribution in [1.82, 2.24) is 0 Å². The summed E-state index contributed by atoms with van der Waals surface area (Å²) < 4.78 is 0. The fourth-order valence-electron chi connectivity index (χ4n) is 1.80. The Balaban J connectivity index is 2.36. The van der Waals surface area contributed by atoms with Crippen LogP contribution in [0.4, 0.5) is 0 Å². The van der Waals surface area contributed by atoms with Crippen molar-refractivity contribution >= 4 is 0 Å². The highest BCUT2D eigenvalue weighted by Gasteiger charge is 2.36.